The van der Waals surface area contributed by atoms with Gasteiger partial charge in [-0.25, -0.2) is 14.8 Å². The number of fused-ring (bicyclic) bond motifs is 1. The number of benzene rings is 2. The molecule has 8 amide bonds. The fourth-order valence-electron chi connectivity index (χ4n) is 9.33. The van der Waals surface area contributed by atoms with Crippen molar-refractivity contribution < 1.29 is 38.3 Å². The molecule has 8 rings (SSSR count). The quantitative estimate of drug-likeness (QED) is 0.157. The van der Waals surface area contributed by atoms with Crippen molar-refractivity contribution in [2.24, 2.45) is 5.73 Å². The molecule has 18 nitrogen and oxygen atoms in total. The number of urea groups is 1. The topological polar surface area (TPSA) is 221 Å². The highest BCUT2D eigenvalue weighted by Crippen LogP contribution is 2.36. The summed E-state index contributed by atoms with van der Waals surface area (Å²) < 4.78 is 5.81. The molecule has 2 aromatic carbocycles. The van der Waals surface area contributed by atoms with Crippen LogP contribution in [0, 0.1) is 0 Å². The molecular formula is C45H54N10O8. The summed E-state index contributed by atoms with van der Waals surface area (Å²) in [6.45, 7) is 6.97. The van der Waals surface area contributed by atoms with Gasteiger partial charge < -0.3 is 35.4 Å². The Kier molecular flexibility index (Phi) is 12.4. The molecule has 4 fully saturated rings. The van der Waals surface area contributed by atoms with E-state index in [0.29, 0.717) is 64.6 Å². The number of primary amides is 1. The second kappa shape index (κ2) is 18.1. The number of hydrogen-bond donors (Lipinski definition) is 3. The highest BCUT2D eigenvalue weighted by Gasteiger charge is 2.45. The van der Waals surface area contributed by atoms with Crippen molar-refractivity contribution in [3.63, 3.8) is 0 Å². The molecule has 1 aromatic heterocycles. The maximum absolute atomic E-state index is 13.1. The Balaban J connectivity index is 0.777. The molecule has 0 radical (unpaired) electrons. The maximum Gasteiger partial charge on any atom is 0.320 e. The Hall–Kier alpha value is -6.43. The minimum Gasteiger partial charge on any atom is -0.381 e. The highest BCUT2D eigenvalue weighted by atomic mass is 16.5. The highest BCUT2D eigenvalue weighted by molar-refractivity contribution is 6.23. The Morgan fingerprint density at radius 1 is 0.937 bits per heavy atom. The number of hydrogen-bond acceptors (Lipinski definition) is 12. The van der Waals surface area contributed by atoms with E-state index in [9.17, 15) is 33.6 Å². The number of aryl methyl sites for hydroxylation is 1. The van der Waals surface area contributed by atoms with Gasteiger partial charge in [0.05, 0.1) is 36.4 Å². The zero-order chi connectivity index (χ0) is 44.4. The molecule has 5 aliphatic heterocycles. The van der Waals surface area contributed by atoms with E-state index in [1.807, 2.05) is 29.0 Å². The van der Waals surface area contributed by atoms with Gasteiger partial charge in [0.25, 0.3) is 17.7 Å². The van der Waals surface area contributed by atoms with Crippen molar-refractivity contribution in [2.45, 2.75) is 82.2 Å². The summed E-state index contributed by atoms with van der Waals surface area (Å²) in [6, 6.07) is 12.2. The van der Waals surface area contributed by atoms with Crippen LogP contribution in [-0.2, 0) is 31.0 Å². The molecule has 6 heterocycles. The lowest BCUT2D eigenvalue weighted by Crippen LogP contribution is -2.54. The van der Waals surface area contributed by atoms with Crippen LogP contribution < -0.4 is 21.3 Å². The molecule has 332 valence electrons. The number of aromatic nitrogens is 2. The normalized spacial score (nSPS) is 21.2. The standard InChI is InChI=1S/C45H54N10O8/c1-45(29-8-10-30(11-9-29)48-40-38(39(46)58)47-26-35(49-40)53-18-3-6-31(27-53)54-22-21-51(2)44(54)62)16-19-52(20-17-45)37(57)15-24-63-23-4-5-28-7-12-32-33(25-28)43(61)55(42(32)60)34-13-14-36(56)50-41(34)59/h7-12,25-26,31,34H,3-6,13-24,27H2,1-2H3,(H2,46,58)(H,48,49)(H,50,56,59)/t31-,34?/m1/s1. The Morgan fingerprint density at radius 3 is 2.41 bits per heavy atom. The van der Waals surface area contributed by atoms with Crippen LogP contribution in [0.3, 0.4) is 0 Å². The van der Waals surface area contributed by atoms with Gasteiger partial charge in [0.1, 0.15) is 11.9 Å². The zero-order valence-electron chi connectivity index (χ0n) is 35.8. The van der Waals surface area contributed by atoms with Gasteiger partial charge >= 0.3 is 6.03 Å². The van der Waals surface area contributed by atoms with Crippen molar-refractivity contribution in [3.05, 3.63) is 76.6 Å². The Bertz CT molecular complexity index is 2310. The van der Waals surface area contributed by atoms with Crippen LogP contribution in [-0.4, -0.2) is 143 Å². The number of nitrogens with two attached hydrogens (primary N) is 1. The second-order valence-electron chi connectivity index (χ2n) is 17.4. The summed E-state index contributed by atoms with van der Waals surface area (Å²) >= 11 is 0. The first-order valence-electron chi connectivity index (χ1n) is 21.8. The third-order valence-electron chi connectivity index (χ3n) is 13.2. The van der Waals surface area contributed by atoms with Crippen LogP contribution in [0.5, 0.6) is 0 Å². The fraction of sp³-hybridized carbons (Fsp3) is 0.489. The number of ether oxygens (including phenoxy) is 1. The van der Waals surface area contributed by atoms with Gasteiger partial charge in [0.15, 0.2) is 11.5 Å². The number of anilines is 3. The SMILES string of the molecule is CN1CCN([C@@H]2CCCN(c3cnc(C(N)=O)c(Nc4ccc(C5(C)CCN(C(=O)CCOCCCc6ccc7c(c6)C(=O)N(C6CCC(=O)NC6=O)C7=O)CC5)cc4)n3)C2)C1=O. The summed E-state index contributed by atoms with van der Waals surface area (Å²) in [7, 11) is 1.82. The number of imide groups is 2. The predicted octanol–water partition coefficient (Wildman–Crippen LogP) is 2.98. The molecule has 4 saturated heterocycles. The maximum atomic E-state index is 13.1. The third-order valence-corrected chi connectivity index (χ3v) is 13.2. The van der Waals surface area contributed by atoms with E-state index in [-0.39, 0.29) is 65.3 Å². The summed E-state index contributed by atoms with van der Waals surface area (Å²) in [4.78, 5) is 106. The molecule has 63 heavy (non-hydrogen) atoms. The second-order valence-corrected chi connectivity index (χ2v) is 17.4. The van der Waals surface area contributed by atoms with Gasteiger partial charge in [0, 0.05) is 65.0 Å². The molecule has 1 unspecified atom stereocenters. The van der Waals surface area contributed by atoms with Gasteiger partial charge in [-0.15, -0.1) is 0 Å². The number of amides is 8. The van der Waals surface area contributed by atoms with E-state index < -0.39 is 35.6 Å². The number of piperidine rings is 3. The van der Waals surface area contributed by atoms with Gasteiger partial charge in [0.2, 0.25) is 17.7 Å². The minimum atomic E-state index is -1.00. The summed E-state index contributed by atoms with van der Waals surface area (Å²) in [5.41, 5.74) is 8.83. The molecule has 0 spiro atoms. The fourth-order valence-corrected chi connectivity index (χ4v) is 9.33. The van der Waals surface area contributed by atoms with Crippen LogP contribution in [0.15, 0.2) is 48.7 Å². The van der Waals surface area contributed by atoms with Gasteiger partial charge in [-0.2, -0.15) is 0 Å². The molecule has 0 saturated carbocycles. The lowest BCUT2D eigenvalue weighted by Gasteiger charge is -2.40. The van der Waals surface area contributed by atoms with Crippen molar-refractivity contribution >= 4 is 58.8 Å². The van der Waals surface area contributed by atoms with E-state index in [2.05, 4.69) is 39.6 Å². The van der Waals surface area contributed by atoms with Crippen molar-refractivity contribution in [1.29, 1.82) is 0 Å². The van der Waals surface area contributed by atoms with Crippen molar-refractivity contribution in [2.75, 3.05) is 69.7 Å². The molecule has 4 N–H and O–H groups in total. The summed E-state index contributed by atoms with van der Waals surface area (Å²) in [6.07, 6.45) is 6.66. The van der Waals surface area contributed by atoms with Crippen molar-refractivity contribution in [3.8, 4) is 0 Å². The number of carbonyl (C=O) groups excluding carboxylic acids is 7. The van der Waals surface area contributed by atoms with E-state index in [4.69, 9.17) is 15.5 Å². The smallest absolute Gasteiger partial charge is 0.320 e. The Labute approximate surface area is 365 Å². The van der Waals surface area contributed by atoms with Crippen molar-refractivity contribution in [1.82, 2.24) is 34.9 Å². The number of likely N-dealkylation sites (tertiary alicyclic amines) is 1. The number of likely N-dealkylation sites (N-methyl/N-ethyl adjacent to an activating group) is 1. The van der Waals surface area contributed by atoms with Crippen LogP contribution in [0.1, 0.15) is 101 Å². The summed E-state index contributed by atoms with van der Waals surface area (Å²) in [5, 5.41) is 5.47. The lowest BCUT2D eigenvalue weighted by atomic mass is 9.74. The average molecular weight is 863 g/mol. The van der Waals surface area contributed by atoms with Crippen LogP contribution in [0.2, 0.25) is 0 Å². The molecule has 5 aliphatic rings. The predicted molar refractivity (Wildman–Crippen MR) is 230 cm³/mol. The first-order chi connectivity index (χ1) is 30.3. The summed E-state index contributed by atoms with van der Waals surface area (Å²) in [5.74, 6) is -1.88. The zero-order valence-corrected chi connectivity index (χ0v) is 35.8. The average Bonchev–Trinajstić information content (AvgIpc) is 3.74. The van der Waals surface area contributed by atoms with Crippen LogP contribution in [0.4, 0.5) is 22.1 Å². The molecule has 3 aromatic rings. The number of rotatable bonds is 14. The number of nitrogens with one attached hydrogen (secondary N) is 2. The lowest BCUT2D eigenvalue weighted by molar-refractivity contribution is -0.136. The molecule has 2 atom stereocenters. The molecule has 0 aliphatic carbocycles. The monoisotopic (exact) mass is 862 g/mol. The molecular weight excluding hydrogens is 809 g/mol. The first kappa shape index (κ1) is 43.2. The minimum absolute atomic E-state index is 0.0401. The van der Waals surface area contributed by atoms with Gasteiger partial charge in [-0.3, -0.25) is 39.0 Å². The van der Waals surface area contributed by atoms with E-state index in [1.54, 1.807) is 29.3 Å². The Morgan fingerprint density at radius 2 is 1.70 bits per heavy atom. The number of carbonyl (C=O) groups is 7. The van der Waals surface area contributed by atoms with Crippen LogP contribution >= 0.6 is 0 Å². The third kappa shape index (κ3) is 9.07. The van der Waals surface area contributed by atoms with E-state index >= 15 is 0 Å². The largest absolute Gasteiger partial charge is 0.381 e. The van der Waals surface area contributed by atoms with Gasteiger partial charge in [-0.1, -0.05) is 25.1 Å². The van der Waals surface area contributed by atoms with Crippen LogP contribution in [0.25, 0.3) is 0 Å². The molecule has 18 heteroatoms. The molecule has 0 bridgehead atoms. The first-order valence-corrected chi connectivity index (χ1v) is 21.8. The van der Waals surface area contributed by atoms with E-state index in [0.717, 1.165) is 53.9 Å². The number of nitrogens with zero attached hydrogens (tertiary/aromatic N) is 7. The van der Waals surface area contributed by atoms with Gasteiger partial charge in [-0.05, 0) is 85.8 Å². The van der Waals surface area contributed by atoms with E-state index in [1.165, 1.54) is 0 Å².